The summed E-state index contributed by atoms with van der Waals surface area (Å²) in [6.45, 7) is 0.703. The van der Waals surface area contributed by atoms with Crippen LogP contribution < -0.4 is 9.47 Å². The van der Waals surface area contributed by atoms with Crippen LogP contribution in [0.2, 0.25) is 5.02 Å². The van der Waals surface area contributed by atoms with E-state index in [1.807, 2.05) is 66.7 Å². The molecule has 4 rings (SSSR count). The lowest BCUT2D eigenvalue weighted by molar-refractivity contribution is 0.0697. The number of carboxylic acid groups (broad SMARTS) is 1. The minimum Gasteiger partial charge on any atom is -0.478 e. The predicted octanol–water partition coefficient (Wildman–Crippen LogP) is 6.26. The molecule has 0 spiro atoms. The fraction of sp³-hybridized carbons (Fsp3) is 0.0769. The lowest BCUT2D eigenvalue weighted by Gasteiger charge is -2.14. The molecule has 5 nitrogen and oxygen atoms in total. The zero-order valence-electron chi connectivity index (χ0n) is 17.1. The first-order chi connectivity index (χ1) is 15.6. The summed E-state index contributed by atoms with van der Waals surface area (Å²) >= 11 is 6.18. The first-order valence-corrected chi connectivity index (χ1v) is 10.4. The number of carboxylic acids is 1. The van der Waals surface area contributed by atoms with Crippen molar-refractivity contribution in [3.8, 4) is 22.9 Å². The Bertz CT molecular complexity index is 1210. The highest BCUT2D eigenvalue weighted by Gasteiger charge is 2.15. The number of pyridine rings is 1. The van der Waals surface area contributed by atoms with Crippen LogP contribution in [-0.2, 0) is 13.2 Å². The molecule has 160 valence electrons. The number of hydrogen-bond acceptors (Lipinski definition) is 4. The van der Waals surface area contributed by atoms with E-state index in [1.165, 1.54) is 6.07 Å². The Labute approximate surface area is 190 Å². The highest BCUT2D eigenvalue weighted by molar-refractivity contribution is 6.33. The Morgan fingerprint density at radius 3 is 2.03 bits per heavy atom. The van der Waals surface area contributed by atoms with Gasteiger partial charge in [0.25, 0.3) is 0 Å². The van der Waals surface area contributed by atoms with E-state index >= 15 is 0 Å². The Hall–Kier alpha value is -3.83. The minimum atomic E-state index is -1.08. The van der Waals surface area contributed by atoms with Crippen molar-refractivity contribution in [1.29, 1.82) is 0 Å². The molecule has 0 atom stereocenters. The lowest BCUT2D eigenvalue weighted by Crippen LogP contribution is -2.03. The van der Waals surface area contributed by atoms with Crippen molar-refractivity contribution >= 4 is 17.6 Å². The van der Waals surface area contributed by atoms with E-state index in [-0.39, 0.29) is 10.6 Å². The number of nitrogens with zero attached hydrogens (tertiary/aromatic N) is 1. The fourth-order valence-corrected chi connectivity index (χ4v) is 3.41. The minimum absolute atomic E-state index is 0.0398. The van der Waals surface area contributed by atoms with Crippen LogP contribution in [0.15, 0.2) is 91.0 Å². The molecule has 0 aliphatic carbocycles. The van der Waals surface area contributed by atoms with Gasteiger partial charge in [0.1, 0.15) is 13.2 Å². The van der Waals surface area contributed by atoms with E-state index in [4.69, 9.17) is 21.1 Å². The second kappa shape index (κ2) is 9.98. The number of carbonyl (C=O) groups is 1. The van der Waals surface area contributed by atoms with Gasteiger partial charge in [-0.2, -0.15) is 4.98 Å². The van der Waals surface area contributed by atoms with Gasteiger partial charge in [0.2, 0.25) is 11.8 Å². The SMILES string of the molecule is O=C(O)c1ccc(-c2ccc(OCc3ccccc3)nc2OCc2ccccc2)cc1Cl. The molecular formula is C26H20ClNO4. The molecule has 3 aromatic carbocycles. The third-order valence-corrected chi connectivity index (χ3v) is 5.11. The zero-order chi connectivity index (χ0) is 22.3. The lowest BCUT2D eigenvalue weighted by atomic mass is 10.0. The summed E-state index contributed by atoms with van der Waals surface area (Å²) in [4.78, 5) is 15.9. The molecule has 0 aliphatic rings. The maximum absolute atomic E-state index is 11.3. The summed E-state index contributed by atoms with van der Waals surface area (Å²) in [5.74, 6) is -0.280. The summed E-state index contributed by atoms with van der Waals surface area (Å²) in [5.41, 5.74) is 3.45. The van der Waals surface area contributed by atoms with Crippen molar-refractivity contribution in [3.05, 3.63) is 113 Å². The zero-order valence-corrected chi connectivity index (χ0v) is 17.8. The normalized spacial score (nSPS) is 10.5. The summed E-state index contributed by atoms with van der Waals surface area (Å²) in [7, 11) is 0. The second-order valence-electron chi connectivity index (χ2n) is 7.05. The van der Waals surface area contributed by atoms with Crippen LogP contribution in [0.5, 0.6) is 11.8 Å². The van der Waals surface area contributed by atoms with Crippen LogP contribution in [-0.4, -0.2) is 16.1 Å². The third kappa shape index (κ3) is 5.25. The third-order valence-electron chi connectivity index (χ3n) is 4.79. The summed E-state index contributed by atoms with van der Waals surface area (Å²) in [6, 6.07) is 27.9. The van der Waals surface area contributed by atoms with Crippen LogP contribution in [0.25, 0.3) is 11.1 Å². The number of hydrogen-bond donors (Lipinski definition) is 1. The Morgan fingerprint density at radius 2 is 1.44 bits per heavy atom. The van der Waals surface area contributed by atoms with Crippen molar-refractivity contribution < 1.29 is 19.4 Å². The van der Waals surface area contributed by atoms with E-state index in [0.717, 1.165) is 11.1 Å². The molecule has 1 N–H and O–H groups in total. The van der Waals surface area contributed by atoms with Gasteiger partial charge in [0, 0.05) is 11.6 Å². The van der Waals surface area contributed by atoms with Crippen LogP contribution in [0, 0.1) is 0 Å². The monoisotopic (exact) mass is 445 g/mol. The molecule has 1 heterocycles. The smallest absolute Gasteiger partial charge is 0.337 e. The van der Waals surface area contributed by atoms with Crippen molar-refractivity contribution in [1.82, 2.24) is 4.98 Å². The van der Waals surface area contributed by atoms with Gasteiger partial charge in [-0.3, -0.25) is 0 Å². The predicted molar refractivity (Wildman–Crippen MR) is 123 cm³/mol. The Kier molecular flexibility index (Phi) is 6.68. The molecule has 6 heteroatoms. The van der Waals surface area contributed by atoms with E-state index in [2.05, 4.69) is 4.98 Å². The van der Waals surface area contributed by atoms with Gasteiger partial charge < -0.3 is 14.6 Å². The van der Waals surface area contributed by atoms with Crippen molar-refractivity contribution in [2.45, 2.75) is 13.2 Å². The molecule has 0 saturated heterocycles. The first-order valence-electron chi connectivity index (χ1n) is 9.98. The summed E-state index contributed by atoms with van der Waals surface area (Å²) < 4.78 is 11.9. The maximum Gasteiger partial charge on any atom is 0.337 e. The Morgan fingerprint density at radius 1 is 0.812 bits per heavy atom. The van der Waals surface area contributed by atoms with Gasteiger partial charge in [0.15, 0.2) is 0 Å². The molecule has 1 aromatic heterocycles. The number of halogens is 1. The van der Waals surface area contributed by atoms with E-state index in [9.17, 15) is 9.90 Å². The highest BCUT2D eigenvalue weighted by Crippen LogP contribution is 2.33. The van der Waals surface area contributed by atoms with Gasteiger partial charge in [0.05, 0.1) is 10.6 Å². The van der Waals surface area contributed by atoms with Crippen LogP contribution >= 0.6 is 11.6 Å². The number of aromatic carboxylic acids is 1. The highest BCUT2D eigenvalue weighted by atomic mass is 35.5. The molecule has 0 fully saturated rings. The largest absolute Gasteiger partial charge is 0.478 e. The van der Waals surface area contributed by atoms with E-state index in [0.29, 0.717) is 36.1 Å². The average molecular weight is 446 g/mol. The molecular weight excluding hydrogens is 426 g/mol. The molecule has 32 heavy (non-hydrogen) atoms. The quantitative estimate of drug-likeness (QED) is 0.346. The number of aromatic nitrogens is 1. The molecule has 4 aromatic rings. The van der Waals surface area contributed by atoms with Gasteiger partial charge in [-0.15, -0.1) is 0 Å². The number of ether oxygens (including phenoxy) is 2. The molecule has 0 aliphatic heterocycles. The molecule has 0 unspecified atom stereocenters. The topological polar surface area (TPSA) is 68.7 Å². The standard InChI is InChI=1S/C26H20ClNO4/c27-23-15-20(11-12-22(23)26(29)30)21-13-14-24(31-16-18-7-3-1-4-8-18)28-25(21)32-17-19-9-5-2-6-10-19/h1-15H,16-17H2,(H,29,30). The average Bonchev–Trinajstić information content (AvgIpc) is 2.82. The van der Waals surface area contributed by atoms with Crippen LogP contribution in [0.4, 0.5) is 0 Å². The molecule has 0 bridgehead atoms. The summed E-state index contributed by atoms with van der Waals surface area (Å²) in [5, 5.41) is 9.39. The van der Waals surface area contributed by atoms with Crippen LogP contribution in [0.3, 0.4) is 0 Å². The van der Waals surface area contributed by atoms with Crippen molar-refractivity contribution in [2.75, 3.05) is 0 Å². The molecule has 0 saturated carbocycles. The first kappa shape index (κ1) is 21.4. The fourth-order valence-electron chi connectivity index (χ4n) is 3.15. The van der Waals surface area contributed by atoms with Gasteiger partial charge in [-0.25, -0.2) is 4.79 Å². The number of benzene rings is 3. The van der Waals surface area contributed by atoms with Crippen molar-refractivity contribution in [3.63, 3.8) is 0 Å². The summed E-state index contributed by atoms with van der Waals surface area (Å²) in [6.07, 6.45) is 0. The van der Waals surface area contributed by atoms with Gasteiger partial charge in [-0.1, -0.05) is 78.3 Å². The van der Waals surface area contributed by atoms with Gasteiger partial charge >= 0.3 is 5.97 Å². The van der Waals surface area contributed by atoms with Crippen LogP contribution in [0.1, 0.15) is 21.5 Å². The number of rotatable bonds is 8. The van der Waals surface area contributed by atoms with Gasteiger partial charge in [-0.05, 0) is 34.9 Å². The molecule has 0 amide bonds. The maximum atomic E-state index is 11.3. The second-order valence-corrected chi connectivity index (χ2v) is 7.46. The molecule has 0 radical (unpaired) electrons. The van der Waals surface area contributed by atoms with E-state index < -0.39 is 5.97 Å². The van der Waals surface area contributed by atoms with Crippen molar-refractivity contribution in [2.24, 2.45) is 0 Å². The van der Waals surface area contributed by atoms with E-state index in [1.54, 1.807) is 18.2 Å². The Balaban J connectivity index is 1.63.